The average molecular weight is 139 g/mol. The van der Waals surface area contributed by atoms with E-state index >= 15 is 0 Å². The predicted octanol–water partition coefficient (Wildman–Crippen LogP) is 0.741. The van der Waals surface area contributed by atoms with Crippen LogP contribution in [0.3, 0.4) is 0 Å². The molecule has 1 aliphatic carbocycles. The zero-order valence-corrected chi connectivity index (χ0v) is 6.05. The molecule has 0 atom stereocenters. The third kappa shape index (κ3) is 3.41. The highest BCUT2D eigenvalue weighted by molar-refractivity contribution is 5.64. The van der Waals surface area contributed by atoms with Crippen LogP contribution in [0.25, 0.3) is 0 Å². The molecule has 0 radical (unpaired) electrons. The smallest absolute Gasteiger partial charge is 0.142 e. The van der Waals surface area contributed by atoms with Gasteiger partial charge >= 0.3 is 0 Å². The molecule has 10 heavy (non-hydrogen) atoms. The Kier molecular flexibility index (Phi) is 3.16. The Morgan fingerprint density at radius 3 is 2.90 bits per heavy atom. The van der Waals surface area contributed by atoms with Gasteiger partial charge in [-0.1, -0.05) is 6.08 Å². The summed E-state index contributed by atoms with van der Waals surface area (Å²) in [5, 5.41) is 3.24. The third-order valence-corrected chi connectivity index (χ3v) is 1.61. The summed E-state index contributed by atoms with van der Waals surface area (Å²) in [6, 6.07) is 0. The van der Waals surface area contributed by atoms with E-state index in [9.17, 15) is 4.79 Å². The van der Waals surface area contributed by atoms with Crippen molar-refractivity contribution in [3.8, 4) is 0 Å². The van der Waals surface area contributed by atoms with Gasteiger partial charge in [0.15, 0.2) is 0 Å². The molecule has 0 unspecified atom stereocenters. The summed E-state index contributed by atoms with van der Waals surface area (Å²) in [5.41, 5.74) is 0. The first-order valence-electron chi connectivity index (χ1n) is 3.74. The summed E-state index contributed by atoms with van der Waals surface area (Å²) in [4.78, 5) is 9.80. The van der Waals surface area contributed by atoms with Crippen molar-refractivity contribution in [3.63, 3.8) is 0 Å². The second-order valence-corrected chi connectivity index (χ2v) is 2.67. The van der Waals surface area contributed by atoms with E-state index in [0.29, 0.717) is 0 Å². The molecule has 0 heterocycles. The molecule has 1 fully saturated rings. The molecule has 0 aromatic carbocycles. The molecular formula is C8H13NO. The first-order chi connectivity index (χ1) is 4.93. The Morgan fingerprint density at radius 1 is 1.50 bits per heavy atom. The van der Waals surface area contributed by atoms with Crippen LogP contribution in [0.4, 0.5) is 0 Å². The number of aldehydes is 1. The van der Waals surface area contributed by atoms with Crippen molar-refractivity contribution in [3.05, 3.63) is 12.2 Å². The lowest BCUT2D eigenvalue weighted by Gasteiger charge is -1.95. The molecule has 1 rings (SSSR count). The van der Waals surface area contributed by atoms with Crippen molar-refractivity contribution in [2.24, 2.45) is 5.92 Å². The standard InChI is InChI=1S/C8H13NO/c10-6-2-1-5-9-7-8-3-4-8/h1-2,6,8-9H,3-5,7H2. The van der Waals surface area contributed by atoms with Crippen molar-refractivity contribution >= 4 is 6.29 Å². The number of allylic oxidation sites excluding steroid dienone is 1. The molecule has 1 aliphatic rings. The zero-order chi connectivity index (χ0) is 7.23. The maximum atomic E-state index is 9.80. The van der Waals surface area contributed by atoms with E-state index in [1.54, 1.807) is 0 Å². The highest BCUT2D eigenvalue weighted by atomic mass is 16.1. The highest BCUT2D eigenvalue weighted by Gasteiger charge is 2.19. The summed E-state index contributed by atoms with van der Waals surface area (Å²) in [6.07, 6.45) is 6.93. The predicted molar refractivity (Wildman–Crippen MR) is 40.8 cm³/mol. The Labute approximate surface area is 61.3 Å². The number of nitrogens with one attached hydrogen (secondary N) is 1. The molecule has 0 spiro atoms. The topological polar surface area (TPSA) is 29.1 Å². The fourth-order valence-corrected chi connectivity index (χ4v) is 0.816. The fraction of sp³-hybridized carbons (Fsp3) is 0.625. The number of hydrogen-bond acceptors (Lipinski definition) is 2. The van der Waals surface area contributed by atoms with Gasteiger partial charge < -0.3 is 5.32 Å². The van der Waals surface area contributed by atoms with Gasteiger partial charge in [0, 0.05) is 6.54 Å². The van der Waals surface area contributed by atoms with Crippen LogP contribution in [0.2, 0.25) is 0 Å². The molecule has 1 N–H and O–H groups in total. The van der Waals surface area contributed by atoms with E-state index in [-0.39, 0.29) is 0 Å². The molecule has 1 saturated carbocycles. The molecule has 0 aromatic rings. The van der Waals surface area contributed by atoms with Gasteiger partial charge in [-0.3, -0.25) is 4.79 Å². The lowest BCUT2D eigenvalue weighted by molar-refractivity contribution is -0.104. The van der Waals surface area contributed by atoms with E-state index < -0.39 is 0 Å². The van der Waals surface area contributed by atoms with Gasteiger partial charge in [-0.05, 0) is 31.4 Å². The maximum Gasteiger partial charge on any atom is 0.142 e. The Bertz CT molecular complexity index is 127. The number of carbonyl (C=O) groups is 1. The van der Waals surface area contributed by atoms with E-state index in [2.05, 4.69) is 5.32 Å². The van der Waals surface area contributed by atoms with Gasteiger partial charge in [0.25, 0.3) is 0 Å². The zero-order valence-electron chi connectivity index (χ0n) is 6.05. The third-order valence-electron chi connectivity index (χ3n) is 1.61. The van der Waals surface area contributed by atoms with Crippen LogP contribution in [0.15, 0.2) is 12.2 Å². The van der Waals surface area contributed by atoms with Crippen LogP contribution in [0.5, 0.6) is 0 Å². The van der Waals surface area contributed by atoms with Gasteiger partial charge in [0.1, 0.15) is 6.29 Å². The van der Waals surface area contributed by atoms with Crippen LogP contribution in [0, 0.1) is 5.92 Å². The summed E-state index contributed by atoms with van der Waals surface area (Å²) in [5.74, 6) is 0.921. The molecule has 2 heteroatoms. The van der Waals surface area contributed by atoms with Crippen molar-refractivity contribution in [2.75, 3.05) is 13.1 Å². The second kappa shape index (κ2) is 4.23. The SMILES string of the molecule is O=CC=CCNCC1CC1. The molecule has 0 aliphatic heterocycles. The van der Waals surface area contributed by atoms with Crippen molar-refractivity contribution in [1.82, 2.24) is 5.32 Å². The number of rotatable bonds is 5. The molecule has 0 amide bonds. The van der Waals surface area contributed by atoms with E-state index in [0.717, 1.165) is 25.3 Å². The summed E-state index contributed by atoms with van der Waals surface area (Å²) in [7, 11) is 0. The minimum atomic E-state index is 0.804. The van der Waals surface area contributed by atoms with E-state index in [1.165, 1.54) is 18.9 Å². The van der Waals surface area contributed by atoms with E-state index in [4.69, 9.17) is 0 Å². The van der Waals surface area contributed by atoms with Crippen LogP contribution in [-0.2, 0) is 4.79 Å². The van der Waals surface area contributed by atoms with Gasteiger partial charge in [-0.15, -0.1) is 0 Å². The van der Waals surface area contributed by atoms with Crippen LogP contribution in [-0.4, -0.2) is 19.4 Å². The molecule has 56 valence electrons. The maximum absolute atomic E-state index is 9.80. The first-order valence-corrected chi connectivity index (χ1v) is 3.74. The van der Waals surface area contributed by atoms with Crippen molar-refractivity contribution in [2.45, 2.75) is 12.8 Å². The number of carbonyl (C=O) groups excluding carboxylic acids is 1. The van der Waals surface area contributed by atoms with Crippen LogP contribution >= 0.6 is 0 Å². The fourth-order valence-electron chi connectivity index (χ4n) is 0.816. The molecule has 0 aromatic heterocycles. The lowest BCUT2D eigenvalue weighted by Crippen LogP contribution is -2.16. The minimum Gasteiger partial charge on any atom is -0.313 e. The van der Waals surface area contributed by atoms with E-state index in [1.807, 2.05) is 6.08 Å². The van der Waals surface area contributed by atoms with Crippen molar-refractivity contribution < 1.29 is 4.79 Å². The van der Waals surface area contributed by atoms with Gasteiger partial charge in [0.2, 0.25) is 0 Å². The summed E-state index contributed by atoms with van der Waals surface area (Å²) in [6.45, 7) is 1.94. The van der Waals surface area contributed by atoms with Gasteiger partial charge in [-0.25, -0.2) is 0 Å². The molecular weight excluding hydrogens is 126 g/mol. The Morgan fingerprint density at radius 2 is 2.30 bits per heavy atom. The summed E-state index contributed by atoms with van der Waals surface area (Å²) < 4.78 is 0. The highest BCUT2D eigenvalue weighted by Crippen LogP contribution is 2.27. The normalized spacial score (nSPS) is 18.0. The monoisotopic (exact) mass is 139 g/mol. The quantitative estimate of drug-likeness (QED) is 0.346. The van der Waals surface area contributed by atoms with Crippen molar-refractivity contribution in [1.29, 1.82) is 0 Å². The molecule has 0 bridgehead atoms. The minimum absolute atomic E-state index is 0.804. The largest absolute Gasteiger partial charge is 0.313 e. The molecule has 2 nitrogen and oxygen atoms in total. The second-order valence-electron chi connectivity index (χ2n) is 2.67. The van der Waals surface area contributed by atoms with Crippen LogP contribution in [0.1, 0.15) is 12.8 Å². The lowest BCUT2D eigenvalue weighted by atomic mass is 10.4. The van der Waals surface area contributed by atoms with Gasteiger partial charge in [-0.2, -0.15) is 0 Å². The summed E-state index contributed by atoms with van der Waals surface area (Å²) >= 11 is 0. The first kappa shape index (κ1) is 7.48. The Balaban J connectivity index is 1.84. The number of hydrogen-bond donors (Lipinski definition) is 1. The Hall–Kier alpha value is -0.630. The molecule has 0 saturated heterocycles. The van der Waals surface area contributed by atoms with Gasteiger partial charge in [0.05, 0.1) is 0 Å². The van der Waals surface area contributed by atoms with Crippen LogP contribution < -0.4 is 5.32 Å². The average Bonchev–Trinajstić information content (AvgIpc) is 2.71.